The minimum absolute atomic E-state index is 0.00295. The van der Waals surface area contributed by atoms with E-state index in [9.17, 15) is 9.59 Å². The third-order valence-electron chi connectivity index (χ3n) is 5.13. The highest BCUT2D eigenvalue weighted by atomic mass is 32.1. The van der Waals surface area contributed by atoms with Crippen molar-refractivity contribution < 1.29 is 9.53 Å². The van der Waals surface area contributed by atoms with E-state index in [4.69, 9.17) is 4.74 Å². The molecule has 0 bridgehead atoms. The Balaban J connectivity index is 1.69. The first-order valence-corrected chi connectivity index (χ1v) is 10.1. The minimum atomic E-state index is -0.367. The summed E-state index contributed by atoms with van der Waals surface area (Å²) in [6, 6.07) is 6.18. The Morgan fingerprint density at radius 2 is 2.04 bits per heavy atom. The average molecular weight is 382 g/mol. The molecule has 27 heavy (non-hydrogen) atoms. The van der Waals surface area contributed by atoms with Gasteiger partial charge in [0.2, 0.25) is 0 Å². The number of carbonyl (C=O) groups is 1. The molecule has 0 saturated heterocycles. The molecule has 0 aliphatic heterocycles. The molecule has 1 aromatic carbocycles. The zero-order chi connectivity index (χ0) is 19.0. The molecule has 2 aromatic heterocycles. The van der Waals surface area contributed by atoms with E-state index in [0.29, 0.717) is 10.2 Å². The topological polar surface area (TPSA) is 61.2 Å². The maximum atomic E-state index is 13.1. The molecule has 0 unspecified atom stereocenters. The summed E-state index contributed by atoms with van der Waals surface area (Å²) in [5, 5.41) is 2.54. The molecular formula is C21H22N2O3S. The number of ether oxygens (including phenoxy) is 1. The summed E-state index contributed by atoms with van der Waals surface area (Å²) in [6.45, 7) is 3.99. The summed E-state index contributed by atoms with van der Waals surface area (Å²) in [7, 11) is 0. The summed E-state index contributed by atoms with van der Waals surface area (Å²) in [4.78, 5) is 30.4. The third-order valence-corrected chi connectivity index (χ3v) is 6.02. The van der Waals surface area contributed by atoms with Crippen molar-refractivity contribution in [2.45, 2.75) is 52.2 Å². The number of benzene rings is 1. The van der Waals surface area contributed by atoms with E-state index in [0.717, 1.165) is 42.4 Å². The quantitative estimate of drug-likeness (QED) is 0.634. The molecule has 0 N–H and O–H groups in total. The molecular weight excluding hydrogens is 360 g/mol. The van der Waals surface area contributed by atoms with Gasteiger partial charge in [-0.3, -0.25) is 14.2 Å². The lowest BCUT2D eigenvalue weighted by Crippen LogP contribution is -2.27. The molecule has 6 heteroatoms. The Morgan fingerprint density at radius 1 is 1.26 bits per heavy atom. The summed E-state index contributed by atoms with van der Waals surface area (Å²) in [6.07, 6.45) is 5.47. The molecule has 4 rings (SSSR count). The first kappa shape index (κ1) is 17.9. The number of esters is 1. The van der Waals surface area contributed by atoms with Gasteiger partial charge in [-0.05, 0) is 50.7 Å². The highest BCUT2D eigenvalue weighted by molar-refractivity contribution is 7.17. The zero-order valence-corrected chi connectivity index (χ0v) is 16.3. The Hall–Kier alpha value is -2.47. The number of hydrogen-bond donors (Lipinski definition) is 0. The molecule has 5 nitrogen and oxygen atoms in total. The van der Waals surface area contributed by atoms with Crippen molar-refractivity contribution in [1.29, 1.82) is 0 Å². The van der Waals surface area contributed by atoms with Gasteiger partial charge in [-0.1, -0.05) is 23.8 Å². The average Bonchev–Trinajstić information content (AvgIpc) is 3.27. The van der Waals surface area contributed by atoms with Crippen LogP contribution in [0, 0.1) is 13.8 Å². The maximum Gasteiger partial charge on any atom is 0.326 e. The van der Waals surface area contributed by atoms with Crippen molar-refractivity contribution in [3.8, 4) is 11.1 Å². The van der Waals surface area contributed by atoms with E-state index in [1.807, 2.05) is 31.4 Å². The molecule has 1 aliphatic rings. The summed E-state index contributed by atoms with van der Waals surface area (Å²) in [5.74, 6) is -0.367. The Morgan fingerprint density at radius 3 is 2.78 bits per heavy atom. The van der Waals surface area contributed by atoms with Crippen molar-refractivity contribution in [1.82, 2.24) is 9.55 Å². The van der Waals surface area contributed by atoms with E-state index in [2.05, 4.69) is 11.1 Å². The van der Waals surface area contributed by atoms with Gasteiger partial charge in [0.1, 0.15) is 17.5 Å². The van der Waals surface area contributed by atoms with Crippen molar-refractivity contribution in [3.63, 3.8) is 0 Å². The molecule has 1 saturated carbocycles. The third kappa shape index (κ3) is 3.54. The fourth-order valence-corrected chi connectivity index (χ4v) is 4.66. The fraction of sp³-hybridized carbons (Fsp3) is 0.381. The largest absolute Gasteiger partial charge is 0.461 e. The second-order valence-electron chi connectivity index (χ2n) is 7.22. The zero-order valence-electron chi connectivity index (χ0n) is 15.5. The van der Waals surface area contributed by atoms with Crippen LogP contribution in [0.25, 0.3) is 21.3 Å². The highest BCUT2D eigenvalue weighted by Crippen LogP contribution is 2.33. The van der Waals surface area contributed by atoms with Gasteiger partial charge in [-0.15, -0.1) is 11.3 Å². The molecule has 0 spiro atoms. The molecule has 0 amide bonds. The van der Waals surface area contributed by atoms with Crippen LogP contribution < -0.4 is 5.56 Å². The van der Waals surface area contributed by atoms with Crippen LogP contribution in [0.1, 0.15) is 36.8 Å². The van der Waals surface area contributed by atoms with E-state index >= 15 is 0 Å². The van der Waals surface area contributed by atoms with Gasteiger partial charge in [0, 0.05) is 10.9 Å². The van der Waals surface area contributed by atoms with Crippen molar-refractivity contribution in [3.05, 3.63) is 51.4 Å². The Bertz CT molecular complexity index is 1060. The SMILES string of the molecule is Cc1ccc(-c2csc3ncn(CC(=O)OC4CCCC4)c(=O)c23)c(C)c1. The first-order chi connectivity index (χ1) is 13.0. The van der Waals surface area contributed by atoms with Crippen LogP contribution in [0.5, 0.6) is 0 Å². The van der Waals surface area contributed by atoms with Crippen LogP contribution >= 0.6 is 11.3 Å². The predicted molar refractivity (Wildman–Crippen MR) is 107 cm³/mol. The summed E-state index contributed by atoms with van der Waals surface area (Å²) >= 11 is 1.45. The number of aryl methyl sites for hydroxylation is 2. The molecule has 1 fully saturated rings. The van der Waals surface area contributed by atoms with Gasteiger partial charge in [-0.25, -0.2) is 4.98 Å². The van der Waals surface area contributed by atoms with E-state index < -0.39 is 0 Å². The lowest BCUT2D eigenvalue weighted by molar-refractivity contribution is -0.149. The first-order valence-electron chi connectivity index (χ1n) is 9.26. The second kappa shape index (κ2) is 7.27. The number of aromatic nitrogens is 2. The van der Waals surface area contributed by atoms with Crippen molar-refractivity contribution in [2.24, 2.45) is 0 Å². The minimum Gasteiger partial charge on any atom is -0.461 e. The van der Waals surface area contributed by atoms with Crippen LogP contribution in [0.15, 0.2) is 34.7 Å². The standard InChI is InChI=1S/C21H22N2O3S/c1-13-7-8-16(14(2)9-13)17-11-27-20-19(17)21(25)23(12-22-20)10-18(24)26-15-5-3-4-6-15/h7-9,11-12,15H,3-6,10H2,1-2H3. The lowest BCUT2D eigenvalue weighted by Gasteiger charge is -2.12. The molecule has 3 aromatic rings. The monoisotopic (exact) mass is 382 g/mol. The second-order valence-corrected chi connectivity index (χ2v) is 8.08. The van der Waals surface area contributed by atoms with Gasteiger partial charge >= 0.3 is 5.97 Å². The van der Waals surface area contributed by atoms with Crippen LogP contribution in [0.4, 0.5) is 0 Å². The number of nitrogens with zero attached hydrogens (tertiary/aromatic N) is 2. The number of thiophene rings is 1. The molecule has 2 heterocycles. The maximum absolute atomic E-state index is 13.1. The number of fused-ring (bicyclic) bond motifs is 1. The van der Waals surface area contributed by atoms with Gasteiger partial charge in [-0.2, -0.15) is 0 Å². The number of rotatable bonds is 4. The predicted octanol–water partition coefficient (Wildman–Crippen LogP) is 4.23. The Kier molecular flexibility index (Phi) is 4.83. The molecule has 0 atom stereocenters. The van der Waals surface area contributed by atoms with Gasteiger partial charge < -0.3 is 4.74 Å². The van der Waals surface area contributed by atoms with Crippen LogP contribution in [0.2, 0.25) is 0 Å². The van der Waals surface area contributed by atoms with Crippen LogP contribution in [-0.2, 0) is 16.1 Å². The smallest absolute Gasteiger partial charge is 0.326 e. The lowest BCUT2D eigenvalue weighted by atomic mass is 9.99. The van der Waals surface area contributed by atoms with E-state index in [1.54, 1.807) is 0 Å². The summed E-state index contributed by atoms with van der Waals surface area (Å²) in [5.41, 5.74) is 4.01. The molecule has 1 aliphatic carbocycles. The van der Waals surface area contributed by atoms with Gasteiger partial charge in [0.25, 0.3) is 5.56 Å². The molecule has 0 radical (unpaired) electrons. The fourth-order valence-electron chi connectivity index (χ4n) is 3.76. The van der Waals surface area contributed by atoms with Crippen molar-refractivity contribution in [2.75, 3.05) is 0 Å². The van der Waals surface area contributed by atoms with Crippen LogP contribution in [-0.4, -0.2) is 21.6 Å². The normalized spacial score (nSPS) is 14.7. The van der Waals surface area contributed by atoms with Crippen LogP contribution in [0.3, 0.4) is 0 Å². The van der Waals surface area contributed by atoms with E-state index in [1.165, 1.54) is 27.8 Å². The molecule has 140 valence electrons. The number of carbonyl (C=O) groups excluding carboxylic acids is 1. The summed E-state index contributed by atoms with van der Waals surface area (Å²) < 4.78 is 6.85. The van der Waals surface area contributed by atoms with Gasteiger partial charge in [0.05, 0.1) is 11.7 Å². The Labute approximate surface area is 161 Å². The van der Waals surface area contributed by atoms with E-state index in [-0.39, 0.29) is 24.2 Å². The van der Waals surface area contributed by atoms with Gasteiger partial charge in [0.15, 0.2) is 0 Å². The number of hydrogen-bond acceptors (Lipinski definition) is 5. The highest BCUT2D eigenvalue weighted by Gasteiger charge is 2.21. The van der Waals surface area contributed by atoms with Crippen molar-refractivity contribution >= 4 is 27.5 Å².